The van der Waals surface area contributed by atoms with Crippen LogP contribution in [0.2, 0.25) is 0 Å². The fourth-order valence-corrected chi connectivity index (χ4v) is 5.82. The van der Waals surface area contributed by atoms with Crippen LogP contribution in [0.25, 0.3) is 0 Å². The average molecular weight is 571 g/mol. The molecule has 3 atom stereocenters. The van der Waals surface area contributed by atoms with Crippen LogP contribution in [-0.4, -0.2) is 74.7 Å². The number of hydrogen-bond acceptors (Lipinski definition) is 7. The summed E-state index contributed by atoms with van der Waals surface area (Å²) in [6.45, 7) is 10.4. The molecule has 0 radical (unpaired) electrons. The fourth-order valence-electron chi connectivity index (χ4n) is 5.82. The van der Waals surface area contributed by atoms with E-state index in [9.17, 15) is 18.7 Å². The molecule has 3 aromatic rings. The van der Waals surface area contributed by atoms with Crippen LogP contribution >= 0.6 is 0 Å². The molecule has 5 rings (SSSR count). The van der Waals surface area contributed by atoms with E-state index in [0.29, 0.717) is 50.7 Å². The molecule has 0 aliphatic carbocycles. The van der Waals surface area contributed by atoms with Gasteiger partial charge in [0.05, 0.1) is 31.5 Å². The number of piperazine rings is 1. The first-order chi connectivity index (χ1) is 19.4. The minimum atomic E-state index is -1.04. The highest BCUT2D eigenvalue weighted by molar-refractivity contribution is 5.66. The first-order valence-electron chi connectivity index (χ1n) is 13.7. The normalized spacial score (nSPS) is 23.2. The molecular formula is C29H36F2N6O4. The highest BCUT2D eigenvalue weighted by Crippen LogP contribution is 2.42. The van der Waals surface area contributed by atoms with Crippen LogP contribution in [0, 0.1) is 29.9 Å². The molecule has 2 saturated heterocycles. The molecule has 41 heavy (non-hydrogen) atoms. The zero-order valence-electron chi connectivity index (χ0n) is 23.8. The van der Waals surface area contributed by atoms with E-state index in [0.717, 1.165) is 11.9 Å². The molecule has 1 amide bonds. The Hall–Kier alpha value is -3.80. The second-order valence-electron chi connectivity index (χ2n) is 12.0. The number of ether oxygens (including phenoxy) is 2. The Kier molecular flexibility index (Phi) is 7.87. The molecule has 12 heteroatoms. The van der Waals surface area contributed by atoms with Gasteiger partial charge in [-0.15, -0.1) is 0 Å². The summed E-state index contributed by atoms with van der Waals surface area (Å²) in [7, 11) is 0. The van der Waals surface area contributed by atoms with Crippen LogP contribution in [0.3, 0.4) is 0 Å². The summed E-state index contributed by atoms with van der Waals surface area (Å²) in [6.07, 6.45) is 2.49. The Morgan fingerprint density at radius 1 is 1.22 bits per heavy atom. The van der Waals surface area contributed by atoms with Crippen LogP contribution in [0.15, 0.2) is 43.0 Å². The highest BCUT2D eigenvalue weighted by atomic mass is 19.1. The van der Waals surface area contributed by atoms with Gasteiger partial charge in [0.25, 0.3) is 0 Å². The summed E-state index contributed by atoms with van der Waals surface area (Å²) < 4.78 is 42.5. The Morgan fingerprint density at radius 2 is 2.02 bits per heavy atom. The summed E-state index contributed by atoms with van der Waals surface area (Å²) in [5, 5.41) is 13.8. The highest BCUT2D eigenvalue weighted by Gasteiger charge is 2.45. The number of aryl methyl sites for hydroxylation is 1. The average Bonchev–Trinajstić information content (AvgIpc) is 3.57. The van der Waals surface area contributed by atoms with Gasteiger partial charge in [-0.2, -0.15) is 5.10 Å². The molecule has 1 unspecified atom stereocenters. The van der Waals surface area contributed by atoms with Crippen molar-refractivity contribution in [2.24, 2.45) is 11.3 Å². The number of anilines is 1. The van der Waals surface area contributed by atoms with Crippen LogP contribution in [0.1, 0.15) is 38.4 Å². The number of pyridine rings is 1. The summed E-state index contributed by atoms with van der Waals surface area (Å²) >= 11 is 0. The quantitative estimate of drug-likeness (QED) is 0.443. The molecule has 2 aromatic heterocycles. The van der Waals surface area contributed by atoms with Crippen molar-refractivity contribution in [1.82, 2.24) is 24.6 Å². The van der Waals surface area contributed by atoms with Crippen molar-refractivity contribution in [3.8, 4) is 5.75 Å². The van der Waals surface area contributed by atoms with Gasteiger partial charge in [-0.05, 0) is 37.0 Å². The summed E-state index contributed by atoms with van der Waals surface area (Å²) in [5.41, 5.74) is -0.278. The number of carboxylic acid groups (broad SMARTS) is 1. The van der Waals surface area contributed by atoms with Gasteiger partial charge in [-0.1, -0.05) is 26.8 Å². The van der Waals surface area contributed by atoms with E-state index in [1.807, 2.05) is 39.8 Å². The van der Waals surface area contributed by atoms with Crippen LogP contribution in [-0.2, 0) is 16.9 Å². The van der Waals surface area contributed by atoms with E-state index in [1.54, 1.807) is 4.68 Å². The fraction of sp³-hybridized carbons (Fsp3) is 0.517. The van der Waals surface area contributed by atoms with Crippen LogP contribution in [0.5, 0.6) is 5.75 Å². The number of benzene rings is 1. The van der Waals surface area contributed by atoms with E-state index in [4.69, 9.17) is 14.5 Å². The van der Waals surface area contributed by atoms with E-state index in [2.05, 4.69) is 15.0 Å². The van der Waals surface area contributed by atoms with E-state index < -0.39 is 23.3 Å². The predicted molar refractivity (Wildman–Crippen MR) is 147 cm³/mol. The Bertz CT molecular complexity index is 1380. The van der Waals surface area contributed by atoms with Crippen molar-refractivity contribution in [3.63, 3.8) is 0 Å². The largest absolute Gasteiger partial charge is 0.491 e. The number of aromatic nitrogens is 4. The molecule has 2 aliphatic heterocycles. The topological polar surface area (TPSA) is 106 Å². The molecule has 2 aliphatic rings. The van der Waals surface area contributed by atoms with Gasteiger partial charge in [0.1, 0.15) is 41.5 Å². The Labute approximate surface area is 237 Å². The van der Waals surface area contributed by atoms with Crippen LogP contribution < -0.4 is 9.64 Å². The number of nitrogens with zero attached hydrogens (tertiary/aromatic N) is 6. The maximum atomic E-state index is 14.9. The number of amides is 1. The molecule has 1 N–H and O–H groups in total. The standard InChI is InChI=1S/C29H36F2N6O4/c1-19-24(7-8-26(34-19)35-9-10-37(27(38)39)25(13-35)28(2,3)4)40-14-20-12-29(41-15-20,16-36-18-32-17-33-36)22-6-5-21(30)11-23(22)31/h5-8,11,17-18,20,25H,9-10,12-16H2,1-4H3,(H,38,39)/t20-,25?,29-/m0/s1. The van der Waals surface area contributed by atoms with Crippen molar-refractivity contribution >= 4 is 11.9 Å². The zero-order valence-corrected chi connectivity index (χ0v) is 23.8. The van der Waals surface area contributed by atoms with Gasteiger partial charge in [-0.3, -0.25) is 0 Å². The van der Waals surface area contributed by atoms with Gasteiger partial charge in [0.15, 0.2) is 0 Å². The lowest BCUT2D eigenvalue weighted by Gasteiger charge is -2.46. The summed E-state index contributed by atoms with van der Waals surface area (Å²) in [6, 6.07) is 7.14. The van der Waals surface area contributed by atoms with E-state index in [1.165, 1.54) is 29.7 Å². The minimum absolute atomic E-state index is 0.0568. The van der Waals surface area contributed by atoms with Gasteiger partial charge in [0, 0.05) is 37.2 Å². The van der Waals surface area contributed by atoms with Crippen molar-refractivity contribution in [2.45, 2.75) is 52.3 Å². The van der Waals surface area contributed by atoms with Crippen molar-refractivity contribution in [3.05, 3.63) is 65.9 Å². The first-order valence-corrected chi connectivity index (χ1v) is 13.7. The Balaban J connectivity index is 1.27. The van der Waals surface area contributed by atoms with Crippen LogP contribution in [0.4, 0.5) is 19.4 Å². The first kappa shape index (κ1) is 28.7. The van der Waals surface area contributed by atoms with Crippen molar-refractivity contribution in [2.75, 3.05) is 37.7 Å². The van der Waals surface area contributed by atoms with E-state index >= 15 is 0 Å². The second kappa shape index (κ2) is 11.2. The van der Waals surface area contributed by atoms with E-state index in [-0.39, 0.29) is 29.5 Å². The third-order valence-electron chi connectivity index (χ3n) is 7.97. The molecule has 0 bridgehead atoms. The number of rotatable bonds is 7. The summed E-state index contributed by atoms with van der Waals surface area (Å²) in [4.78, 5) is 24.2. The minimum Gasteiger partial charge on any atom is -0.491 e. The predicted octanol–water partition coefficient (Wildman–Crippen LogP) is 4.49. The number of carbonyl (C=O) groups is 1. The molecule has 0 saturated carbocycles. The lowest BCUT2D eigenvalue weighted by Crippen LogP contribution is -2.59. The maximum absolute atomic E-state index is 14.9. The van der Waals surface area contributed by atoms with Gasteiger partial charge in [0.2, 0.25) is 0 Å². The molecule has 2 fully saturated rings. The SMILES string of the molecule is Cc1nc(N2CCN(C(=O)O)C(C(C)(C)C)C2)ccc1OC[C@H]1CO[C@@](Cn2cncn2)(c2ccc(F)cc2F)C1. The molecule has 220 valence electrons. The summed E-state index contributed by atoms with van der Waals surface area (Å²) in [5.74, 6) is 0.0343. The van der Waals surface area contributed by atoms with Crippen molar-refractivity contribution < 1.29 is 28.2 Å². The second-order valence-corrected chi connectivity index (χ2v) is 12.0. The Morgan fingerprint density at radius 3 is 2.68 bits per heavy atom. The lowest BCUT2D eigenvalue weighted by atomic mass is 9.84. The lowest BCUT2D eigenvalue weighted by molar-refractivity contribution is -0.0206. The van der Waals surface area contributed by atoms with Gasteiger partial charge < -0.3 is 24.4 Å². The smallest absolute Gasteiger partial charge is 0.407 e. The molecule has 10 nitrogen and oxygen atoms in total. The monoisotopic (exact) mass is 570 g/mol. The number of hydrogen-bond donors (Lipinski definition) is 1. The third kappa shape index (κ3) is 6.12. The van der Waals surface area contributed by atoms with Gasteiger partial charge in [-0.25, -0.2) is 28.2 Å². The molecular weight excluding hydrogens is 534 g/mol. The maximum Gasteiger partial charge on any atom is 0.407 e. The number of halogens is 2. The van der Waals surface area contributed by atoms with Crippen molar-refractivity contribution in [1.29, 1.82) is 0 Å². The third-order valence-corrected chi connectivity index (χ3v) is 7.97. The molecule has 0 spiro atoms. The molecule has 4 heterocycles. The zero-order chi connectivity index (χ0) is 29.4. The molecule has 1 aromatic carbocycles. The van der Waals surface area contributed by atoms with Gasteiger partial charge >= 0.3 is 6.09 Å².